The van der Waals surface area contributed by atoms with E-state index in [0.717, 1.165) is 31.9 Å². The van der Waals surface area contributed by atoms with Crippen LogP contribution in [0.25, 0.3) is 38.2 Å². The van der Waals surface area contributed by atoms with Gasteiger partial charge in [-0.05, 0) is 61.0 Å². The van der Waals surface area contributed by atoms with Gasteiger partial charge in [-0.3, -0.25) is 4.79 Å². The molecule has 2 heterocycles. The normalized spacial score (nSPS) is 11.3. The third-order valence-electron chi connectivity index (χ3n) is 5.15. The van der Waals surface area contributed by atoms with E-state index in [1.54, 1.807) is 17.4 Å². The van der Waals surface area contributed by atoms with E-state index in [1.807, 2.05) is 79.7 Å². The summed E-state index contributed by atoms with van der Waals surface area (Å²) >= 11 is 7.84. The number of benzene rings is 3. The van der Waals surface area contributed by atoms with Crippen molar-refractivity contribution in [1.82, 2.24) is 4.98 Å². The number of furan rings is 1. The molecule has 0 aliphatic carbocycles. The number of hydrogen-bond donors (Lipinski definition) is 1. The van der Waals surface area contributed by atoms with E-state index in [-0.39, 0.29) is 5.91 Å². The molecule has 33 heavy (non-hydrogen) atoms. The number of fused-ring (bicyclic) bond motifs is 1. The molecule has 5 aromatic rings. The summed E-state index contributed by atoms with van der Waals surface area (Å²) in [6.45, 7) is 1.95. The van der Waals surface area contributed by atoms with Crippen LogP contribution in [0.2, 0.25) is 5.02 Å². The topological polar surface area (TPSA) is 55.1 Å². The molecule has 0 atom stereocenters. The molecule has 0 unspecified atom stereocenters. The highest BCUT2D eigenvalue weighted by molar-refractivity contribution is 7.21. The smallest absolute Gasteiger partial charge is 0.248 e. The predicted molar refractivity (Wildman–Crippen MR) is 137 cm³/mol. The van der Waals surface area contributed by atoms with Crippen LogP contribution in [0.4, 0.5) is 5.69 Å². The summed E-state index contributed by atoms with van der Waals surface area (Å²) in [5, 5.41) is 4.51. The maximum absolute atomic E-state index is 12.5. The summed E-state index contributed by atoms with van der Waals surface area (Å²) in [5.41, 5.74) is 4.54. The number of para-hydroxylation sites is 1. The first-order valence-corrected chi connectivity index (χ1v) is 11.6. The second-order valence-corrected chi connectivity index (χ2v) is 8.99. The van der Waals surface area contributed by atoms with Crippen molar-refractivity contribution in [2.75, 3.05) is 5.32 Å². The number of aromatic nitrogens is 1. The summed E-state index contributed by atoms with van der Waals surface area (Å²) in [6, 6.07) is 25.2. The quantitative estimate of drug-likeness (QED) is 0.266. The third kappa shape index (κ3) is 4.75. The second-order valence-electron chi connectivity index (χ2n) is 7.56. The number of rotatable bonds is 5. The van der Waals surface area contributed by atoms with Crippen LogP contribution >= 0.6 is 22.9 Å². The molecule has 0 radical (unpaired) electrons. The Labute approximate surface area is 200 Å². The first-order chi connectivity index (χ1) is 16.0. The Morgan fingerprint density at radius 2 is 1.88 bits per heavy atom. The van der Waals surface area contributed by atoms with E-state index >= 15 is 0 Å². The first-order valence-electron chi connectivity index (χ1n) is 10.4. The Hall–Kier alpha value is -3.67. The molecule has 0 fully saturated rings. The van der Waals surface area contributed by atoms with E-state index in [9.17, 15) is 4.79 Å². The number of aryl methyl sites for hydroxylation is 1. The fraction of sp³-hybridized carbons (Fsp3) is 0.0370. The number of halogens is 1. The number of nitrogens with zero attached hydrogens (tertiary/aromatic N) is 1. The largest absolute Gasteiger partial charge is 0.457 e. The van der Waals surface area contributed by atoms with Crippen LogP contribution in [0, 0.1) is 6.92 Å². The number of anilines is 1. The van der Waals surface area contributed by atoms with Crippen LogP contribution in [0.5, 0.6) is 0 Å². The van der Waals surface area contributed by atoms with Crippen molar-refractivity contribution in [2.24, 2.45) is 0 Å². The zero-order valence-corrected chi connectivity index (χ0v) is 19.3. The van der Waals surface area contributed by atoms with Gasteiger partial charge in [0.25, 0.3) is 0 Å². The van der Waals surface area contributed by atoms with E-state index in [0.29, 0.717) is 22.2 Å². The standard InChI is InChI=1S/C27H19ClN2O2S/c1-17-9-10-18(16-22(17)28)24-13-11-21(32-24)12-14-26(31)29-20-6-4-5-19(15-20)27-30-23-7-2-3-8-25(23)33-27/h2-16H,1H3,(H,29,31). The van der Waals surface area contributed by atoms with Gasteiger partial charge in [0.05, 0.1) is 10.2 Å². The van der Waals surface area contributed by atoms with Gasteiger partial charge in [-0.25, -0.2) is 4.98 Å². The van der Waals surface area contributed by atoms with Crippen molar-refractivity contribution in [3.63, 3.8) is 0 Å². The van der Waals surface area contributed by atoms with Crippen molar-refractivity contribution >= 4 is 50.8 Å². The molecule has 0 aliphatic heterocycles. The van der Waals surface area contributed by atoms with Crippen molar-refractivity contribution < 1.29 is 9.21 Å². The number of carbonyl (C=O) groups is 1. The average molecular weight is 471 g/mol. The van der Waals surface area contributed by atoms with Gasteiger partial charge in [-0.2, -0.15) is 0 Å². The lowest BCUT2D eigenvalue weighted by atomic mass is 10.1. The van der Waals surface area contributed by atoms with E-state index in [2.05, 4.69) is 16.4 Å². The Balaban J connectivity index is 1.28. The zero-order chi connectivity index (χ0) is 22.8. The molecular formula is C27H19ClN2O2S. The fourth-order valence-corrected chi connectivity index (χ4v) is 4.55. The minimum atomic E-state index is -0.243. The lowest BCUT2D eigenvalue weighted by Crippen LogP contribution is -2.07. The van der Waals surface area contributed by atoms with Gasteiger partial charge in [0.15, 0.2) is 0 Å². The number of thiazole rings is 1. The van der Waals surface area contributed by atoms with Crippen molar-refractivity contribution in [3.05, 3.63) is 101 Å². The number of carbonyl (C=O) groups excluding carboxylic acids is 1. The van der Waals surface area contributed by atoms with Gasteiger partial charge in [0, 0.05) is 27.9 Å². The second kappa shape index (κ2) is 9.06. The Morgan fingerprint density at radius 3 is 2.73 bits per heavy atom. The summed E-state index contributed by atoms with van der Waals surface area (Å²) in [6.07, 6.45) is 3.10. The lowest BCUT2D eigenvalue weighted by Gasteiger charge is -2.04. The van der Waals surface area contributed by atoms with Crippen LogP contribution < -0.4 is 5.32 Å². The number of hydrogen-bond acceptors (Lipinski definition) is 4. The van der Waals surface area contributed by atoms with Crippen molar-refractivity contribution in [3.8, 4) is 21.9 Å². The molecule has 0 saturated carbocycles. The van der Waals surface area contributed by atoms with E-state index < -0.39 is 0 Å². The average Bonchev–Trinajstić information content (AvgIpc) is 3.47. The summed E-state index contributed by atoms with van der Waals surface area (Å²) in [7, 11) is 0. The van der Waals surface area contributed by atoms with Crippen LogP contribution in [0.3, 0.4) is 0 Å². The van der Waals surface area contributed by atoms with E-state index in [4.69, 9.17) is 16.0 Å². The maximum atomic E-state index is 12.5. The molecule has 6 heteroatoms. The molecule has 0 bridgehead atoms. The van der Waals surface area contributed by atoms with Gasteiger partial charge in [0.2, 0.25) is 5.91 Å². The molecule has 1 amide bonds. The van der Waals surface area contributed by atoms with Crippen LogP contribution in [0.1, 0.15) is 11.3 Å². The highest BCUT2D eigenvalue weighted by atomic mass is 35.5. The number of amides is 1. The summed E-state index contributed by atoms with van der Waals surface area (Å²) < 4.78 is 6.97. The van der Waals surface area contributed by atoms with Gasteiger partial charge in [0.1, 0.15) is 16.5 Å². The van der Waals surface area contributed by atoms with Crippen LogP contribution in [0.15, 0.2) is 89.4 Å². The Morgan fingerprint density at radius 1 is 1.00 bits per heavy atom. The minimum absolute atomic E-state index is 0.243. The monoisotopic (exact) mass is 470 g/mol. The molecule has 0 aliphatic rings. The molecule has 5 rings (SSSR count). The number of nitrogens with one attached hydrogen (secondary N) is 1. The fourth-order valence-electron chi connectivity index (χ4n) is 3.41. The van der Waals surface area contributed by atoms with Crippen LogP contribution in [-0.4, -0.2) is 10.9 Å². The predicted octanol–water partition coefficient (Wildman–Crippen LogP) is 7.84. The summed E-state index contributed by atoms with van der Waals surface area (Å²) in [4.78, 5) is 17.2. The first kappa shape index (κ1) is 21.2. The zero-order valence-electron chi connectivity index (χ0n) is 17.7. The van der Waals surface area contributed by atoms with Gasteiger partial charge in [-0.1, -0.05) is 48.0 Å². The lowest BCUT2D eigenvalue weighted by molar-refractivity contribution is -0.111. The Bertz CT molecular complexity index is 1470. The minimum Gasteiger partial charge on any atom is -0.457 e. The molecule has 0 saturated heterocycles. The van der Waals surface area contributed by atoms with Crippen molar-refractivity contribution in [1.29, 1.82) is 0 Å². The molecule has 2 aromatic heterocycles. The SMILES string of the molecule is Cc1ccc(-c2ccc(C=CC(=O)Nc3cccc(-c4nc5ccccc5s4)c3)o2)cc1Cl. The molecule has 4 nitrogen and oxygen atoms in total. The third-order valence-corrected chi connectivity index (χ3v) is 6.65. The Kier molecular flexibility index (Phi) is 5.82. The molecule has 1 N–H and O–H groups in total. The van der Waals surface area contributed by atoms with Gasteiger partial charge < -0.3 is 9.73 Å². The van der Waals surface area contributed by atoms with Gasteiger partial charge >= 0.3 is 0 Å². The van der Waals surface area contributed by atoms with Crippen LogP contribution in [-0.2, 0) is 4.79 Å². The highest BCUT2D eigenvalue weighted by Crippen LogP contribution is 2.31. The molecule has 3 aromatic carbocycles. The van der Waals surface area contributed by atoms with E-state index in [1.165, 1.54) is 6.08 Å². The molecule has 0 spiro atoms. The molecule has 162 valence electrons. The summed E-state index contributed by atoms with van der Waals surface area (Å²) in [5.74, 6) is 1.04. The molecular weight excluding hydrogens is 452 g/mol. The maximum Gasteiger partial charge on any atom is 0.248 e. The van der Waals surface area contributed by atoms with Gasteiger partial charge in [-0.15, -0.1) is 11.3 Å². The van der Waals surface area contributed by atoms with Crippen molar-refractivity contribution in [2.45, 2.75) is 6.92 Å². The highest BCUT2D eigenvalue weighted by Gasteiger charge is 2.08.